The fraction of sp³-hybridized carbons (Fsp3) is 0.278. The van der Waals surface area contributed by atoms with E-state index in [1.54, 1.807) is 6.07 Å². The zero-order valence-corrected chi connectivity index (χ0v) is 13.2. The molecule has 0 saturated carbocycles. The van der Waals surface area contributed by atoms with Crippen molar-refractivity contribution in [2.45, 2.75) is 26.7 Å². The molecule has 0 aliphatic heterocycles. The zero-order valence-electron chi connectivity index (χ0n) is 12.4. The highest BCUT2D eigenvalue weighted by Crippen LogP contribution is 2.20. The summed E-state index contributed by atoms with van der Waals surface area (Å²) in [7, 11) is 0. The van der Waals surface area contributed by atoms with Crippen molar-refractivity contribution in [1.82, 2.24) is 0 Å². The topological polar surface area (TPSA) is 29.1 Å². The van der Waals surface area contributed by atoms with Gasteiger partial charge in [-0.3, -0.25) is 4.79 Å². The molecule has 2 rings (SSSR count). The molecular formula is C18H20ClNO. The lowest BCUT2D eigenvalue weighted by molar-refractivity contribution is -0.119. The third kappa shape index (κ3) is 4.61. The van der Waals surface area contributed by atoms with Crippen LogP contribution in [0, 0.1) is 12.8 Å². The molecule has 0 spiro atoms. The average molecular weight is 302 g/mol. The highest BCUT2D eigenvalue weighted by atomic mass is 35.5. The van der Waals surface area contributed by atoms with Crippen LogP contribution in [-0.2, 0) is 11.2 Å². The molecule has 0 fully saturated rings. The molecule has 3 heteroatoms. The van der Waals surface area contributed by atoms with Crippen molar-refractivity contribution in [1.29, 1.82) is 0 Å². The van der Waals surface area contributed by atoms with Gasteiger partial charge in [0.1, 0.15) is 0 Å². The lowest BCUT2D eigenvalue weighted by atomic mass is 10.0. The minimum absolute atomic E-state index is 0.0267. The molecule has 1 N–H and O–H groups in total. The Morgan fingerprint density at radius 3 is 2.57 bits per heavy atom. The molecule has 1 amide bonds. The molecule has 0 bridgehead atoms. The summed E-state index contributed by atoms with van der Waals surface area (Å²) in [6, 6.07) is 15.8. The van der Waals surface area contributed by atoms with E-state index in [4.69, 9.17) is 11.6 Å². The Morgan fingerprint density at radius 2 is 1.90 bits per heavy atom. The van der Waals surface area contributed by atoms with Gasteiger partial charge < -0.3 is 5.32 Å². The summed E-state index contributed by atoms with van der Waals surface area (Å²) in [5, 5.41) is 3.66. The van der Waals surface area contributed by atoms with Crippen molar-refractivity contribution < 1.29 is 4.79 Å². The molecule has 2 aromatic carbocycles. The van der Waals surface area contributed by atoms with Gasteiger partial charge in [0.05, 0.1) is 0 Å². The van der Waals surface area contributed by atoms with E-state index in [-0.39, 0.29) is 11.8 Å². The van der Waals surface area contributed by atoms with Crippen LogP contribution in [0.25, 0.3) is 0 Å². The summed E-state index contributed by atoms with van der Waals surface area (Å²) in [4.78, 5) is 12.2. The Balaban J connectivity index is 1.89. The predicted molar refractivity (Wildman–Crippen MR) is 88.7 cm³/mol. The first-order valence-electron chi connectivity index (χ1n) is 7.17. The minimum atomic E-state index is -0.0267. The molecular weight excluding hydrogens is 282 g/mol. The zero-order chi connectivity index (χ0) is 15.2. The molecule has 2 nitrogen and oxygen atoms in total. The second-order valence-electron chi connectivity index (χ2n) is 5.38. The van der Waals surface area contributed by atoms with Crippen LogP contribution in [0.3, 0.4) is 0 Å². The maximum absolute atomic E-state index is 12.2. The number of hydrogen-bond donors (Lipinski definition) is 1. The van der Waals surface area contributed by atoms with Crippen molar-refractivity contribution in [3.05, 3.63) is 64.7 Å². The van der Waals surface area contributed by atoms with Crippen LogP contribution >= 0.6 is 11.6 Å². The van der Waals surface area contributed by atoms with Gasteiger partial charge in [-0.1, -0.05) is 48.9 Å². The van der Waals surface area contributed by atoms with Crippen molar-refractivity contribution in [3.63, 3.8) is 0 Å². The van der Waals surface area contributed by atoms with E-state index in [2.05, 4.69) is 17.4 Å². The van der Waals surface area contributed by atoms with Crippen LogP contribution in [0.15, 0.2) is 48.5 Å². The second-order valence-corrected chi connectivity index (χ2v) is 5.79. The molecule has 0 radical (unpaired) electrons. The largest absolute Gasteiger partial charge is 0.326 e. The third-order valence-electron chi connectivity index (χ3n) is 3.58. The van der Waals surface area contributed by atoms with E-state index in [0.29, 0.717) is 5.02 Å². The first-order valence-corrected chi connectivity index (χ1v) is 7.55. The molecule has 21 heavy (non-hydrogen) atoms. The van der Waals surface area contributed by atoms with Gasteiger partial charge in [-0.25, -0.2) is 0 Å². The fourth-order valence-corrected chi connectivity index (χ4v) is 2.26. The number of benzene rings is 2. The first kappa shape index (κ1) is 15.6. The molecule has 0 saturated heterocycles. The predicted octanol–water partition coefficient (Wildman–Crippen LogP) is 4.86. The minimum Gasteiger partial charge on any atom is -0.326 e. The van der Waals surface area contributed by atoms with Gasteiger partial charge in [0, 0.05) is 16.6 Å². The lowest BCUT2D eigenvalue weighted by Gasteiger charge is -2.13. The van der Waals surface area contributed by atoms with Gasteiger partial charge in [0.15, 0.2) is 0 Å². The molecule has 0 aliphatic carbocycles. The van der Waals surface area contributed by atoms with Crippen molar-refractivity contribution >= 4 is 23.2 Å². The highest BCUT2D eigenvalue weighted by molar-refractivity contribution is 6.31. The van der Waals surface area contributed by atoms with Crippen LogP contribution in [-0.4, -0.2) is 5.91 Å². The summed E-state index contributed by atoms with van der Waals surface area (Å²) >= 11 is 5.98. The first-order chi connectivity index (χ1) is 10.1. The SMILES string of the molecule is Cc1cc(NC(=O)[C@H](C)CCc2ccccc2)ccc1Cl. The van der Waals surface area contributed by atoms with E-state index in [1.165, 1.54) is 5.56 Å². The second kappa shape index (κ2) is 7.28. The Morgan fingerprint density at radius 1 is 1.19 bits per heavy atom. The van der Waals surface area contributed by atoms with Crippen molar-refractivity contribution in [2.75, 3.05) is 5.32 Å². The molecule has 0 unspecified atom stereocenters. The Kier molecular flexibility index (Phi) is 5.40. The third-order valence-corrected chi connectivity index (χ3v) is 4.01. The summed E-state index contributed by atoms with van der Waals surface area (Å²) in [5.74, 6) is 0.0221. The Labute approximate surface area is 131 Å². The molecule has 1 atom stereocenters. The molecule has 0 aliphatic rings. The van der Waals surface area contributed by atoms with Crippen LogP contribution in [0.5, 0.6) is 0 Å². The summed E-state index contributed by atoms with van der Waals surface area (Å²) in [6.07, 6.45) is 1.75. The Hall–Kier alpha value is -1.80. The van der Waals surface area contributed by atoms with Gasteiger partial charge in [-0.2, -0.15) is 0 Å². The monoisotopic (exact) mass is 301 g/mol. The molecule has 0 heterocycles. The van der Waals surface area contributed by atoms with Crippen LogP contribution in [0.4, 0.5) is 5.69 Å². The lowest BCUT2D eigenvalue weighted by Crippen LogP contribution is -2.20. The fourth-order valence-electron chi connectivity index (χ4n) is 2.15. The summed E-state index contributed by atoms with van der Waals surface area (Å²) in [6.45, 7) is 3.89. The van der Waals surface area contributed by atoms with E-state index in [9.17, 15) is 4.79 Å². The van der Waals surface area contributed by atoms with Crippen LogP contribution in [0.2, 0.25) is 5.02 Å². The number of rotatable bonds is 5. The number of carbonyl (C=O) groups excluding carboxylic acids is 1. The van der Waals surface area contributed by atoms with Crippen molar-refractivity contribution in [3.8, 4) is 0 Å². The molecule has 0 aromatic heterocycles. The highest BCUT2D eigenvalue weighted by Gasteiger charge is 2.13. The maximum atomic E-state index is 12.2. The summed E-state index contributed by atoms with van der Waals surface area (Å²) < 4.78 is 0. The van der Waals surface area contributed by atoms with Gasteiger partial charge in [0.25, 0.3) is 0 Å². The number of aryl methyl sites for hydroxylation is 2. The number of hydrogen-bond acceptors (Lipinski definition) is 1. The smallest absolute Gasteiger partial charge is 0.227 e. The van der Waals surface area contributed by atoms with Gasteiger partial charge in [-0.15, -0.1) is 0 Å². The van der Waals surface area contributed by atoms with E-state index < -0.39 is 0 Å². The molecule has 2 aromatic rings. The normalized spacial score (nSPS) is 12.0. The number of nitrogens with one attached hydrogen (secondary N) is 1. The number of amides is 1. The Bertz CT molecular complexity index is 610. The van der Waals surface area contributed by atoms with Crippen LogP contribution < -0.4 is 5.32 Å². The number of halogens is 1. The number of carbonyl (C=O) groups is 1. The summed E-state index contributed by atoms with van der Waals surface area (Å²) in [5.41, 5.74) is 3.03. The van der Waals surface area contributed by atoms with Gasteiger partial charge >= 0.3 is 0 Å². The standard InChI is InChI=1S/C18H20ClNO/c1-13(8-9-15-6-4-3-5-7-15)18(21)20-16-10-11-17(19)14(2)12-16/h3-7,10-13H,8-9H2,1-2H3,(H,20,21)/t13-/m1/s1. The van der Waals surface area contributed by atoms with E-state index in [1.807, 2.05) is 44.2 Å². The number of anilines is 1. The van der Waals surface area contributed by atoms with E-state index in [0.717, 1.165) is 24.1 Å². The molecule has 110 valence electrons. The van der Waals surface area contributed by atoms with E-state index >= 15 is 0 Å². The van der Waals surface area contributed by atoms with Crippen molar-refractivity contribution in [2.24, 2.45) is 5.92 Å². The van der Waals surface area contributed by atoms with Gasteiger partial charge in [0.2, 0.25) is 5.91 Å². The van der Waals surface area contributed by atoms with Crippen LogP contribution in [0.1, 0.15) is 24.5 Å². The average Bonchev–Trinajstić information content (AvgIpc) is 2.49. The van der Waals surface area contributed by atoms with Gasteiger partial charge in [-0.05, 0) is 49.1 Å². The quantitative estimate of drug-likeness (QED) is 0.840. The maximum Gasteiger partial charge on any atom is 0.227 e.